The fraction of sp³-hybridized carbons (Fsp3) is 0.667. The van der Waals surface area contributed by atoms with Crippen LogP contribution in [0.1, 0.15) is 43.7 Å². The monoisotopic (exact) mass is 277 g/mol. The zero-order chi connectivity index (χ0) is 12.1. The molecule has 0 aliphatic carbocycles. The second kappa shape index (κ2) is 6.90. The zero-order valence-electron chi connectivity index (χ0n) is 10.1. The van der Waals surface area contributed by atoms with Crippen molar-refractivity contribution in [3.63, 3.8) is 0 Å². The van der Waals surface area contributed by atoms with Crippen molar-refractivity contribution in [2.24, 2.45) is 5.73 Å². The molecule has 4 heteroatoms. The minimum Gasteiger partial charge on any atom is -0.326 e. The maximum Gasteiger partial charge on any atom is 0.0931 e. The Hall–Kier alpha value is 0.300. The predicted octanol–water partition coefficient (Wildman–Crippen LogP) is 4.71. The van der Waals surface area contributed by atoms with Gasteiger partial charge in [0.15, 0.2) is 0 Å². The van der Waals surface area contributed by atoms with Crippen LogP contribution in [-0.2, 0) is 0 Å². The number of thiophene rings is 1. The first kappa shape index (κ1) is 14.4. The zero-order valence-corrected chi connectivity index (χ0v) is 12.5. The summed E-state index contributed by atoms with van der Waals surface area (Å²) < 4.78 is 0.855. The van der Waals surface area contributed by atoms with Crippen LogP contribution < -0.4 is 5.73 Å². The maximum absolute atomic E-state index is 6.20. The minimum absolute atomic E-state index is 0.216. The highest BCUT2D eigenvalue weighted by Gasteiger charge is 2.22. The van der Waals surface area contributed by atoms with Gasteiger partial charge >= 0.3 is 0 Å². The molecule has 0 bridgehead atoms. The highest BCUT2D eigenvalue weighted by molar-refractivity contribution is 8.00. The largest absolute Gasteiger partial charge is 0.326 e. The molecule has 0 aliphatic heterocycles. The topological polar surface area (TPSA) is 26.0 Å². The molecular weight excluding hydrogens is 258 g/mol. The van der Waals surface area contributed by atoms with Crippen LogP contribution in [-0.4, -0.2) is 11.3 Å². The minimum atomic E-state index is 0.216. The molecule has 1 rings (SSSR count). The van der Waals surface area contributed by atoms with E-state index in [1.54, 1.807) is 11.3 Å². The number of hydrogen-bond acceptors (Lipinski definition) is 3. The van der Waals surface area contributed by atoms with E-state index in [-0.39, 0.29) is 6.04 Å². The predicted molar refractivity (Wildman–Crippen MR) is 77.7 cm³/mol. The van der Waals surface area contributed by atoms with E-state index in [0.717, 1.165) is 10.8 Å². The molecule has 16 heavy (non-hydrogen) atoms. The Morgan fingerprint density at radius 2 is 2.06 bits per heavy atom. The van der Waals surface area contributed by atoms with Gasteiger partial charge in [-0.1, -0.05) is 32.4 Å². The molecule has 1 aromatic heterocycles. The molecule has 0 aromatic carbocycles. The van der Waals surface area contributed by atoms with Gasteiger partial charge in [0.1, 0.15) is 0 Å². The molecule has 1 nitrogen and oxygen atoms in total. The Labute approximate surface area is 112 Å². The third kappa shape index (κ3) is 3.95. The summed E-state index contributed by atoms with van der Waals surface area (Å²) in [6, 6.07) is 4.30. The Bertz CT molecular complexity index is 314. The van der Waals surface area contributed by atoms with Gasteiger partial charge in [-0.3, -0.25) is 0 Å². The number of hydrogen-bond donors (Lipinski definition) is 1. The molecular formula is C12H20ClNS2. The molecule has 1 heterocycles. The van der Waals surface area contributed by atoms with Crippen molar-refractivity contribution in [1.29, 1.82) is 0 Å². The van der Waals surface area contributed by atoms with Crippen molar-refractivity contribution < 1.29 is 0 Å². The third-order valence-corrected chi connectivity index (χ3v) is 5.85. The average molecular weight is 278 g/mol. The highest BCUT2D eigenvalue weighted by Crippen LogP contribution is 2.40. The Morgan fingerprint density at radius 3 is 2.50 bits per heavy atom. The Morgan fingerprint density at radius 1 is 1.38 bits per heavy atom. The molecule has 0 saturated heterocycles. The average Bonchev–Trinajstić information content (AvgIpc) is 2.71. The summed E-state index contributed by atoms with van der Waals surface area (Å²) in [7, 11) is 0. The first-order chi connectivity index (χ1) is 7.58. The fourth-order valence-electron chi connectivity index (χ4n) is 1.42. The highest BCUT2D eigenvalue weighted by atomic mass is 35.5. The van der Waals surface area contributed by atoms with Crippen molar-refractivity contribution in [3.05, 3.63) is 21.3 Å². The lowest BCUT2D eigenvalue weighted by Gasteiger charge is -2.24. The quantitative estimate of drug-likeness (QED) is 0.815. The van der Waals surface area contributed by atoms with Crippen LogP contribution in [0.15, 0.2) is 12.1 Å². The molecule has 0 fully saturated rings. The number of thioether (sulfide) groups is 1. The third-order valence-electron chi connectivity index (χ3n) is 2.69. The lowest BCUT2D eigenvalue weighted by Crippen LogP contribution is -2.26. The van der Waals surface area contributed by atoms with Crippen molar-refractivity contribution >= 4 is 34.7 Å². The molecule has 3 unspecified atom stereocenters. The van der Waals surface area contributed by atoms with Crippen molar-refractivity contribution in [2.75, 3.05) is 0 Å². The summed E-state index contributed by atoms with van der Waals surface area (Å²) in [5.41, 5.74) is 6.20. The van der Waals surface area contributed by atoms with Crippen LogP contribution in [0.25, 0.3) is 0 Å². The van der Waals surface area contributed by atoms with E-state index < -0.39 is 0 Å². The molecule has 2 N–H and O–H groups in total. The smallest absolute Gasteiger partial charge is 0.0931 e. The van der Waals surface area contributed by atoms with E-state index in [1.165, 1.54) is 11.3 Å². The van der Waals surface area contributed by atoms with Gasteiger partial charge < -0.3 is 5.73 Å². The van der Waals surface area contributed by atoms with Crippen LogP contribution in [0, 0.1) is 0 Å². The number of nitrogens with two attached hydrogens (primary N) is 1. The van der Waals surface area contributed by atoms with Crippen LogP contribution in [0.3, 0.4) is 0 Å². The molecule has 0 spiro atoms. The van der Waals surface area contributed by atoms with E-state index in [2.05, 4.69) is 26.8 Å². The van der Waals surface area contributed by atoms with E-state index in [4.69, 9.17) is 17.3 Å². The van der Waals surface area contributed by atoms with Gasteiger partial charge in [-0.25, -0.2) is 0 Å². The number of rotatable bonds is 6. The molecule has 1 aromatic rings. The van der Waals surface area contributed by atoms with Gasteiger partial charge in [0.25, 0.3) is 0 Å². The lowest BCUT2D eigenvalue weighted by molar-refractivity contribution is 0.637. The summed E-state index contributed by atoms with van der Waals surface area (Å²) in [5, 5.41) is 1.03. The van der Waals surface area contributed by atoms with E-state index in [0.29, 0.717) is 10.5 Å². The maximum atomic E-state index is 6.20. The first-order valence-corrected chi connectivity index (χ1v) is 7.88. The van der Waals surface area contributed by atoms with Crippen LogP contribution in [0.5, 0.6) is 0 Å². The van der Waals surface area contributed by atoms with Crippen LogP contribution in [0.4, 0.5) is 0 Å². The van der Waals surface area contributed by atoms with E-state index in [1.807, 2.05) is 17.8 Å². The Kier molecular flexibility index (Phi) is 6.19. The Balaban J connectivity index is 2.78. The fourth-order valence-corrected chi connectivity index (χ4v) is 4.15. The summed E-state index contributed by atoms with van der Waals surface area (Å²) in [4.78, 5) is 1.31. The second-order valence-electron chi connectivity index (χ2n) is 3.99. The van der Waals surface area contributed by atoms with Gasteiger partial charge in [0.2, 0.25) is 0 Å². The van der Waals surface area contributed by atoms with Gasteiger partial charge in [-0.05, 0) is 25.0 Å². The summed E-state index contributed by atoms with van der Waals surface area (Å²) in [5.74, 6) is 0. The van der Waals surface area contributed by atoms with Crippen molar-refractivity contribution in [1.82, 2.24) is 0 Å². The van der Waals surface area contributed by atoms with Crippen molar-refractivity contribution in [3.8, 4) is 0 Å². The van der Waals surface area contributed by atoms with Gasteiger partial charge in [0.05, 0.1) is 9.59 Å². The molecule has 0 radical (unpaired) electrons. The molecule has 0 saturated carbocycles. The molecule has 92 valence electrons. The standard InChI is InChI=1S/C12H20ClNS2/c1-4-8(3)15-12(9(14)5-2)10-6-7-11(13)16-10/h6-9,12H,4-5,14H2,1-3H3. The summed E-state index contributed by atoms with van der Waals surface area (Å²) in [6.07, 6.45) is 2.18. The van der Waals surface area contributed by atoms with Gasteiger partial charge in [-0.15, -0.1) is 23.1 Å². The normalized spacial score (nSPS) is 17.1. The van der Waals surface area contributed by atoms with Crippen LogP contribution >= 0.6 is 34.7 Å². The van der Waals surface area contributed by atoms with Crippen molar-refractivity contribution in [2.45, 2.75) is 50.2 Å². The molecule has 0 amide bonds. The van der Waals surface area contributed by atoms with Crippen LogP contribution in [0.2, 0.25) is 4.34 Å². The molecule has 0 aliphatic rings. The van der Waals surface area contributed by atoms with Gasteiger partial charge in [0, 0.05) is 16.2 Å². The van der Waals surface area contributed by atoms with E-state index >= 15 is 0 Å². The summed E-state index contributed by atoms with van der Waals surface area (Å²) in [6.45, 7) is 6.62. The molecule has 3 atom stereocenters. The number of halogens is 1. The lowest BCUT2D eigenvalue weighted by atomic mass is 10.1. The SMILES string of the molecule is CCC(C)SC(c1ccc(Cl)s1)C(N)CC. The summed E-state index contributed by atoms with van der Waals surface area (Å²) >= 11 is 9.62. The first-order valence-electron chi connectivity index (χ1n) is 5.74. The van der Waals surface area contributed by atoms with Gasteiger partial charge in [-0.2, -0.15) is 0 Å². The van der Waals surface area contributed by atoms with E-state index in [9.17, 15) is 0 Å². The second-order valence-corrected chi connectivity index (χ2v) is 7.32.